The van der Waals surface area contributed by atoms with E-state index in [0.29, 0.717) is 29.9 Å². The fourth-order valence-corrected chi connectivity index (χ4v) is 5.44. The summed E-state index contributed by atoms with van der Waals surface area (Å²) in [4.78, 5) is 40.2. The van der Waals surface area contributed by atoms with Crippen LogP contribution in [0.1, 0.15) is 30.7 Å². The highest BCUT2D eigenvalue weighted by molar-refractivity contribution is 7.21. The minimum absolute atomic E-state index is 0.0586. The number of ketones is 1. The number of hydrogen-bond donors (Lipinski definition) is 0. The van der Waals surface area contributed by atoms with Gasteiger partial charge in [0, 0.05) is 26.1 Å². The van der Waals surface area contributed by atoms with Crippen molar-refractivity contribution in [1.82, 2.24) is 19.4 Å². The van der Waals surface area contributed by atoms with E-state index in [9.17, 15) is 9.59 Å². The Morgan fingerprint density at radius 1 is 1.17 bits per heavy atom. The predicted molar refractivity (Wildman–Crippen MR) is 118 cm³/mol. The lowest BCUT2D eigenvalue weighted by Crippen LogP contribution is -2.38. The quantitative estimate of drug-likeness (QED) is 0.628. The first-order valence-electron chi connectivity index (χ1n) is 10.5. The number of fused-ring (bicyclic) bond motifs is 2. The molecule has 4 heterocycles. The Bertz CT molecular complexity index is 1140. The summed E-state index contributed by atoms with van der Waals surface area (Å²) in [6.45, 7) is 2.94. The molecule has 0 N–H and O–H groups in total. The summed E-state index contributed by atoms with van der Waals surface area (Å²) in [7, 11) is 2.04. The van der Waals surface area contributed by atoms with Crippen molar-refractivity contribution in [2.24, 2.45) is 0 Å². The number of aromatic nitrogens is 3. The first-order valence-corrected chi connectivity index (χ1v) is 11.3. The molecule has 0 bridgehead atoms. The van der Waals surface area contributed by atoms with Gasteiger partial charge in [-0.15, -0.1) is 0 Å². The van der Waals surface area contributed by atoms with Crippen molar-refractivity contribution in [3.05, 3.63) is 52.1 Å². The molecular formula is C22H25N5O2S. The lowest BCUT2D eigenvalue weighted by Gasteiger charge is -2.24. The second-order valence-electron chi connectivity index (χ2n) is 8.18. The molecule has 1 atom stereocenters. The smallest absolute Gasteiger partial charge is 0.281 e. The highest BCUT2D eigenvalue weighted by Gasteiger charge is 2.33. The van der Waals surface area contributed by atoms with Crippen molar-refractivity contribution >= 4 is 32.6 Å². The Kier molecular flexibility index (Phi) is 5.12. The van der Waals surface area contributed by atoms with E-state index in [1.807, 2.05) is 25.2 Å². The fourth-order valence-electron chi connectivity index (χ4n) is 4.41. The molecule has 1 saturated heterocycles. The summed E-state index contributed by atoms with van der Waals surface area (Å²) in [6, 6.07) is 9.97. The van der Waals surface area contributed by atoms with Gasteiger partial charge < -0.3 is 4.90 Å². The minimum Gasteiger partial charge on any atom is -0.338 e. The predicted octanol–water partition coefficient (Wildman–Crippen LogP) is 2.47. The molecule has 3 aromatic rings. The topological polar surface area (TPSA) is 71.3 Å². The van der Waals surface area contributed by atoms with E-state index in [1.54, 1.807) is 4.57 Å². The summed E-state index contributed by atoms with van der Waals surface area (Å²) in [6.07, 6.45) is 3.09. The number of hydrogen-bond acceptors (Lipinski definition) is 7. The Hall–Kier alpha value is -2.58. The molecule has 5 rings (SSSR count). The molecule has 0 radical (unpaired) electrons. The van der Waals surface area contributed by atoms with Crippen LogP contribution < -0.4 is 10.5 Å². The summed E-state index contributed by atoms with van der Waals surface area (Å²) < 4.78 is 1.75. The lowest BCUT2D eigenvalue weighted by atomic mass is 10.0. The molecule has 7 nitrogen and oxygen atoms in total. The second-order valence-corrected chi connectivity index (χ2v) is 9.13. The summed E-state index contributed by atoms with van der Waals surface area (Å²) in [5.74, 6) is 1.05. The molecule has 0 aliphatic carbocycles. The van der Waals surface area contributed by atoms with Gasteiger partial charge in [-0.05, 0) is 31.9 Å². The Balaban J connectivity index is 1.39. The van der Waals surface area contributed by atoms with Gasteiger partial charge in [-0.1, -0.05) is 41.7 Å². The van der Waals surface area contributed by atoms with Crippen LogP contribution in [-0.2, 0) is 24.3 Å². The number of carbonyl (C=O) groups is 1. The fraction of sp³-hybridized carbons (Fsp3) is 0.455. The van der Waals surface area contributed by atoms with Gasteiger partial charge in [-0.2, -0.15) is 0 Å². The number of thiazole rings is 1. The average Bonchev–Trinajstić information content (AvgIpc) is 3.40. The van der Waals surface area contributed by atoms with Crippen LogP contribution in [0.25, 0.3) is 10.3 Å². The lowest BCUT2D eigenvalue weighted by molar-refractivity contribution is -0.120. The van der Waals surface area contributed by atoms with Gasteiger partial charge >= 0.3 is 0 Å². The van der Waals surface area contributed by atoms with Crippen molar-refractivity contribution in [3.63, 3.8) is 0 Å². The molecule has 156 valence electrons. The number of nitrogens with zero attached hydrogens (tertiary/aromatic N) is 5. The number of likely N-dealkylation sites (N-methyl/N-ethyl adjacent to an activating group) is 1. The maximum Gasteiger partial charge on any atom is 0.281 e. The maximum absolute atomic E-state index is 13.0. The second kappa shape index (κ2) is 7.92. The largest absolute Gasteiger partial charge is 0.338 e. The Labute approximate surface area is 179 Å². The van der Waals surface area contributed by atoms with Crippen LogP contribution in [0.3, 0.4) is 0 Å². The van der Waals surface area contributed by atoms with E-state index >= 15 is 0 Å². The van der Waals surface area contributed by atoms with Crippen LogP contribution in [0.15, 0.2) is 35.1 Å². The van der Waals surface area contributed by atoms with Crippen LogP contribution in [-0.4, -0.2) is 51.4 Å². The van der Waals surface area contributed by atoms with E-state index < -0.39 is 0 Å². The van der Waals surface area contributed by atoms with Gasteiger partial charge in [0.05, 0.1) is 12.6 Å². The molecule has 1 aromatic carbocycles. The summed E-state index contributed by atoms with van der Waals surface area (Å²) in [5.41, 5.74) is 1.56. The third kappa shape index (κ3) is 3.54. The molecule has 1 fully saturated rings. The molecule has 0 saturated carbocycles. The Morgan fingerprint density at radius 2 is 2.00 bits per heavy atom. The van der Waals surface area contributed by atoms with Crippen molar-refractivity contribution < 1.29 is 4.79 Å². The SMILES string of the molecule is CN1CCn2c(nc3sc(N4CCC[C@@H]4C(=O)CCc4ccccc4)nc3c2=O)C1. The van der Waals surface area contributed by atoms with Crippen molar-refractivity contribution in [3.8, 4) is 0 Å². The van der Waals surface area contributed by atoms with Crippen molar-refractivity contribution in [2.45, 2.75) is 44.8 Å². The number of Topliss-reactive ketones (excluding diaryl/α,β-unsaturated/α-hetero) is 1. The van der Waals surface area contributed by atoms with E-state index in [0.717, 1.165) is 43.3 Å². The van der Waals surface area contributed by atoms with E-state index in [4.69, 9.17) is 4.98 Å². The third-order valence-electron chi connectivity index (χ3n) is 6.08. The highest BCUT2D eigenvalue weighted by atomic mass is 32.1. The van der Waals surface area contributed by atoms with Gasteiger partial charge in [0.15, 0.2) is 21.3 Å². The van der Waals surface area contributed by atoms with Crippen LogP contribution in [0.5, 0.6) is 0 Å². The number of anilines is 1. The van der Waals surface area contributed by atoms with Gasteiger partial charge in [0.1, 0.15) is 5.82 Å². The monoisotopic (exact) mass is 423 g/mol. The van der Waals surface area contributed by atoms with Crippen LogP contribution >= 0.6 is 11.3 Å². The molecule has 0 amide bonds. The molecule has 2 aliphatic rings. The molecule has 8 heteroatoms. The zero-order valence-electron chi connectivity index (χ0n) is 17.1. The van der Waals surface area contributed by atoms with Crippen LogP contribution in [0.4, 0.5) is 5.13 Å². The Morgan fingerprint density at radius 3 is 2.83 bits per heavy atom. The van der Waals surface area contributed by atoms with Gasteiger partial charge in [0.2, 0.25) is 0 Å². The van der Waals surface area contributed by atoms with E-state index in [1.165, 1.54) is 16.9 Å². The van der Waals surface area contributed by atoms with Gasteiger partial charge in [-0.25, -0.2) is 9.97 Å². The molecule has 2 aliphatic heterocycles. The van der Waals surface area contributed by atoms with Gasteiger partial charge in [0.25, 0.3) is 5.56 Å². The zero-order valence-corrected chi connectivity index (χ0v) is 17.9. The van der Waals surface area contributed by atoms with Crippen molar-refractivity contribution in [1.29, 1.82) is 0 Å². The molecule has 30 heavy (non-hydrogen) atoms. The number of benzene rings is 1. The highest BCUT2D eigenvalue weighted by Crippen LogP contribution is 2.32. The average molecular weight is 424 g/mol. The van der Waals surface area contributed by atoms with Gasteiger partial charge in [-0.3, -0.25) is 19.1 Å². The molecular weight excluding hydrogens is 398 g/mol. The van der Waals surface area contributed by atoms with E-state index in [2.05, 4.69) is 26.9 Å². The third-order valence-corrected chi connectivity index (χ3v) is 7.06. The van der Waals surface area contributed by atoms with E-state index in [-0.39, 0.29) is 17.4 Å². The molecule has 2 aromatic heterocycles. The maximum atomic E-state index is 13.0. The van der Waals surface area contributed by atoms with Crippen molar-refractivity contribution in [2.75, 3.05) is 25.0 Å². The first-order chi connectivity index (χ1) is 14.6. The zero-order chi connectivity index (χ0) is 20.7. The summed E-state index contributed by atoms with van der Waals surface area (Å²) >= 11 is 1.44. The minimum atomic E-state index is -0.155. The normalized spacial score (nSPS) is 19.4. The summed E-state index contributed by atoms with van der Waals surface area (Å²) in [5, 5.41) is 0.751. The van der Waals surface area contributed by atoms with Crippen LogP contribution in [0, 0.1) is 0 Å². The first kappa shape index (κ1) is 19.4. The molecule has 0 unspecified atom stereocenters. The number of rotatable bonds is 5. The standard InChI is InChI=1S/C22H25N5O2S/c1-25-12-13-27-18(14-25)23-20-19(21(27)29)24-22(30-20)26-11-5-8-16(26)17(28)10-9-15-6-3-2-4-7-15/h2-4,6-7,16H,5,8-14H2,1H3/t16-/m1/s1. The van der Waals surface area contributed by atoms with Crippen LogP contribution in [0.2, 0.25) is 0 Å². The molecule has 0 spiro atoms. The number of aryl methyl sites for hydroxylation is 1. The number of carbonyl (C=O) groups excluding carboxylic acids is 1.